The van der Waals surface area contributed by atoms with Gasteiger partial charge < -0.3 is 5.11 Å². The van der Waals surface area contributed by atoms with Gasteiger partial charge in [-0.15, -0.1) is 0 Å². The normalized spacial score (nSPS) is 12.7. The van der Waals surface area contributed by atoms with Crippen LogP contribution in [0.4, 0.5) is 0 Å². The third-order valence-corrected chi connectivity index (χ3v) is 2.64. The van der Waals surface area contributed by atoms with Crippen LogP contribution in [0.2, 0.25) is 0 Å². The van der Waals surface area contributed by atoms with Crippen molar-refractivity contribution in [3.05, 3.63) is 18.0 Å². The summed E-state index contributed by atoms with van der Waals surface area (Å²) in [4.78, 5) is 2.20. The number of likely N-dealkylation sites (N-methyl/N-ethyl adjacent to an activating group) is 1. The molecule has 1 N–H and O–H groups in total. The Balaban J connectivity index is 2.61. The summed E-state index contributed by atoms with van der Waals surface area (Å²) in [5.41, 5.74) is 0.404. The lowest BCUT2D eigenvalue weighted by atomic mass is 10.1. The van der Waals surface area contributed by atoms with Crippen LogP contribution in [0, 0.1) is 0 Å². The van der Waals surface area contributed by atoms with Gasteiger partial charge in [0.05, 0.1) is 11.3 Å². The SMILES string of the molecule is CCN(Cc1ccn(C(C)C)n1)CC(C)(C)O. The van der Waals surface area contributed by atoms with Crippen LogP contribution in [0.5, 0.6) is 0 Å². The predicted molar refractivity (Wildman–Crippen MR) is 69.9 cm³/mol. The number of nitrogens with zero attached hydrogens (tertiary/aromatic N) is 3. The van der Waals surface area contributed by atoms with Gasteiger partial charge in [-0.2, -0.15) is 5.10 Å². The van der Waals surface area contributed by atoms with E-state index in [2.05, 4.69) is 30.8 Å². The minimum Gasteiger partial charge on any atom is -0.389 e. The minimum atomic E-state index is -0.656. The Morgan fingerprint density at radius 3 is 2.53 bits per heavy atom. The van der Waals surface area contributed by atoms with Crippen molar-refractivity contribution in [1.29, 1.82) is 0 Å². The summed E-state index contributed by atoms with van der Waals surface area (Å²) >= 11 is 0. The predicted octanol–water partition coefficient (Wildman–Crippen LogP) is 2.06. The average molecular weight is 239 g/mol. The van der Waals surface area contributed by atoms with E-state index in [1.807, 2.05) is 30.8 Å². The van der Waals surface area contributed by atoms with Gasteiger partial charge in [-0.25, -0.2) is 0 Å². The fourth-order valence-electron chi connectivity index (χ4n) is 1.81. The van der Waals surface area contributed by atoms with Crippen LogP contribution in [0.25, 0.3) is 0 Å². The first-order valence-corrected chi connectivity index (χ1v) is 6.30. The van der Waals surface area contributed by atoms with Crippen LogP contribution in [0.15, 0.2) is 12.3 Å². The molecule has 0 aliphatic heterocycles. The smallest absolute Gasteiger partial charge is 0.0764 e. The van der Waals surface area contributed by atoms with Crippen molar-refractivity contribution in [1.82, 2.24) is 14.7 Å². The lowest BCUT2D eigenvalue weighted by Crippen LogP contribution is -2.38. The number of aliphatic hydroxyl groups is 1. The second-order valence-electron chi connectivity index (χ2n) is 5.50. The van der Waals surface area contributed by atoms with Gasteiger partial charge in [0.25, 0.3) is 0 Å². The highest BCUT2D eigenvalue weighted by Crippen LogP contribution is 2.10. The minimum absolute atomic E-state index is 0.396. The highest BCUT2D eigenvalue weighted by Gasteiger charge is 2.18. The summed E-state index contributed by atoms with van der Waals surface area (Å²) < 4.78 is 1.97. The largest absolute Gasteiger partial charge is 0.389 e. The lowest BCUT2D eigenvalue weighted by molar-refractivity contribution is 0.0349. The first-order chi connectivity index (χ1) is 7.81. The molecule has 0 amide bonds. The van der Waals surface area contributed by atoms with Gasteiger partial charge in [0, 0.05) is 25.3 Å². The quantitative estimate of drug-likeness (QED) is 0.826. The molecule has 0 radical (unpaired) electrons. The third-order valence-electron chi connectivity index (χ3n) is 2.64. The van der Waals surface area contributed by atoms with Crippen LogP contribution in [-0.4, -0.2) is 38.5 Å². The monoisotopic (exact) mass is 239 g/mol. The van der Waals surface area contributed by atoms with E-state index in [1.165, 1.54) is 0 Å². The number of hydrogen-bond donors (Lipinski definition) is 1. The molecule has 0 aromatic carbocycles. The summed E-state index contributed by atoms with van der Waals surface area (Å²) in [6.07, 6.45) is 2.01. The zero-order valence-corrected chi connectivity index (χ0v) is 11.6. The van der Waals surface area contributed by atoms with E-state index in [0.717, 1.165) is 18.8 Å². The molecule has 1 aromatic rings. The van der Waals surface area contributed by atoms with Crippen molar-refractivity contribution in [3.63, 3.8) is 0 Å². The van der Waals surface area contributed by atoms with E-state index in [4.69, 9.17) is 0 Å². The van der Waals surface area contributed by atoms with Crippen LogP contribution >= 0.6 is 0 Å². The number of aromatic nitrogens is 2. The Labute approximate surface area is 104 Å². The van der Waals surface area contributed by atoms with Gasteiger partial charge in [-0.05, 0) is 40.3 Å². The van der Waals surface area contributed by atoms with E-state index < -0.39 is 5.60 Å². The molecule has 98 valence electrons. The Hall–Kier alpha value is -0.870. The van der Waals surface area contributed by atoms with Crippen LogP contribution in [0.3, 0.4) is 0 Å². The highest BCUT2D eigenvalue weighted by atomic mass is 16.3. The van der Waals surface area contributed by atoms with Crippen molar-refractivity contribution in [2.45, 2.75) is 52.8 Å². The number of rotatable bonds is 6. The summed E-state index contributed by atoms with van der Waals surface area (Å²) in [6, 6.07) is 2.45. The molecule has 1 aromatic heterocycles. The number of hydrogen-bond acceptors (Lipinski definition) is 3. The molecule has 0 unspecified atom stereocenters. The van der Waals surface area contributed by atoms with Gasteiger partial charge >= 0.3 is 0 Å². The van der Waals surface area contributed by atoms with E-state index in [1.54, 1.807) is 0 Å². The first-order valence-electron chi connectivity index (χ1n) is 6.30. The summed E-state index contributed by atoms with van der Waals surface area (Å²) in [5.74, 6) is 0. The summed E-state index contributed by atoms with van der Waals surface area (Å²) in [5, 5.41) is 14.3. The molecule has 0 fully saturated rings. The average Bonchev–Trinajstić information content (AvgIpc) is 2.63. The Kier molecular flexibility index (Phi) is 4.71. The van der Waals surface area contributed by atoms with Gasteiger partial charge in [0.2, 0.25) is 0 Å². The van der Waals surface area contributed by atoms with Crippen molar-refractivity contribution in [2.24, 2.45) is 0 Å². The maximum Gasteiger partial charge on any atom is 0.0764 e. The molecule has 0 atom stereocenters. The van der Waals surface area contributed by atoms with E-state index >= 15 is 0 Å². The highest BCUT2D eigenvalue weighted by molar-refractivity contribution is 4.99. The summed E-state index contributed by atoms with van der Waals surface area (Å²) in [6.45, 7) is 12.4. The second kappa shape index (κ2) is 5.65. The molecule has 1 rings (SSSR count). The van der Waals surface area contributed by atoms with Gasteiger partial charge in [-0.3, -0.25) is 9.58 Å². The standard InChI is InChI=1S/C13H25N3O/c1-6-15(10-13(4,5)17)9-12-7-8-16(14-12)11(2)3/h7-8,11,17H,6,9-10H2,1-5H3. The molecular formula is C13H25N3O. The molecule has 0 aliphatic carbocycles. The molecular weight excluding hydrogens is 214 g/mol. The summed E-state index contributed by atoms with van der Waals surface area (Å²) in [7, 11) is 0. The third kappa shape index (κ3) is 4.88. The van der Waals surface area contributed by atoms with E-state index in [-0.39, 0.29) is 0 Å². The van der Waals surface area contributed by atoms with Crippen molar-refractivity contribution in [2.75, 3.05) is 13.1 Å². The topological polar surface area (TPSA) is 41.3 Å². The van der Waals surface area contributed by atoms with Crippen molar-refractivity contribution >= 4 is 0 Å². The Morgan fingerprint density at radius 2 is 2.12 bits per heavy atom. The van der Waals surface area contributed by atoms with Crippen molar-refractivity contribution in [3.8, 4) is 0 Å². The maximum absolute atomic E-state index is 9.82. The first kappa shape index (κ1) is 14.2. The maximum atomic E-state index is 9.82. The molecule has 0 saturated heterocycles. The molecule has 0 saturated carbocycles. The van der Waals surface area contributed by atoms with Gasteiger partial charge in [0.1, 0.15) is 0 Å². The van der Waals surface area contributed by atoms with Gasteiger partial charge in [0.15, 0.2) is 0 Å². The zero-order chi connectivity index (χ0) is 13.1. The molecule has 0 spiro atoms. The fourth-order valence-corrected chi connectivity index (χ4v) is 1.81. The van der Waals surface area contributed by atoms with Crippen LogP contribution < -0.4 is 0 Å². The molecule has 0 aliphatic rings. The molecule has 17 heavy (non-hydrogen) atoms. The second-order valence-corrected chi connectivity index (χ2v) is 5.50. The van der Waals surface area contributed by atoms with Gasteiger partial charge in [-0.1, -0.05) is 6.92 Å². The van der Waals surface area contributed by atoms with Crippen LogP contribution in [0.1, 0.15) is 46.4 Å². The molecule has 4 heteroatoms. The van der Waals surface area contributed by atoms with Crippen LogP contribution in [-0.2, 0) is 6.54 Å². The van der Waals surface area contributed by atoms with E-state index in [0.29, 0.717) is 12.6 Å². The van der Waals surface area contributed by atoms with E-state index in [9.17, 15) is 5.11 Å². The molecule has 0 bridgehead atoms. The fraction of sp³-hybridized carbons (Fsp3) is 0.769. The Bertz CT molecular complexity index is 339. The zero-order valence-electron chi connectivity index (χ0n) is 11.6. The molecule has 4 nitrogen and oxygen atoms in total. The van der Waals surface area contributed by atoms with Crippen molar-refractivity contribution < 1.29 is 5.11 Å². The lowest BCUT2D eigenvalue weighted by Gasteiger charge is -2.27. The Morgan fingerprint density at radius 1 is 1.47 bits per heavy atom. The molecule has 1 heterocycles.